The molecule has 1 amide bonds. The standard InChI is InChI=1S/C22H15F3N6O/c23-22(24,25)15-2-4-16(5-3-15)31-12-14(10-29-31)13-1-6-18-17(9-13)19(11-28-18)30-21(32)20-26-7-8-27-20/h1-12,28H,(H,26,27)(H,30,32). The fourth-order valence-corrected chi connectivity index (χ4v) is 3.39. The molecule has 0 saturated heterocycles. The first-order valence-corrected chi connectivity index (χ1v) is 9.53. The molecular formula is C22H15F3N6O. The summed E-state index contributed by atoms with van der Waals surface area (Å²) in [6, 6.07) is 10.5. The van der Waals surface area contributed by atoms with Crippen molar-refractivity contribution in [2.45, 2.75) is 6.18 Å². The Hall–Kier alpha value is -4.34. The summed E-state index contributed by atoms with van der Waals surface area (Å²) in [5, 5.41) is 7.89. The molecule has 0 atom stereocenters. The van der Waals surface area contributed by atoms with Crippen molar-refractivity contribution in [1.82, 2.24) is 24.7 Å². The van der Waals surface area contributed by atoms with Crippen molar-refractivity contribution >= 4 is 22.5 Å². The molecule has 0 unspecified atom stereocenters. The highest BCUT2D eigenvalue weighted by atomic mass is 19.4. The molecule has 3 N–H and O–H groups in total. The fraction of sp³-hybridized carbons (Fsp3) is 0.0455. The molecule has 0 aliphatic heterocycles. The maximum Gasteiger partial charge on any atom is 0.416 e. The summed E-state index contributed by atoms with van der Waals surface area (Å²) in [6.45, 7) is 0. The van der Waals surface area contributed by atoms with Gasteiger partial charge in [-0.3, -0.25) is 4.79 Å². The molecule has 32 heavy (non-hydrogen) atoms. The lowest BCUT2D eigenvalue weighted by molar-refractivity contribution is -0.137. The number of benzene rings is 2. The van der Waals surface area contributed by atoms with Gasteiger partial charge in [-0.05, 0) is 42.0 Å². The number of anilines is 1. The van der Waals surface area contributed by atoms with E-state index < -0.39 is 11.7 Å². The van der Waals surface area contributed by atoms with Gasteiger partial charge in [0.1, 0.15) is 0 Å². The zero-order valence-electron chi connectivity index (χ0n) is 16.3. The number of hydrogen-bond donors (Lipinski definition) is 3. The van der Waals surface area contributed by atoms with Gasteiger partial charge in [-0.15, -0.1) is 0 Å². The molecule has 0 fully saturated rings. The predicted octanol–water partition coefficient (Wildman–Crippen LogP) is 5.01. The molecule has 160 valence electrons. The monoisotopic (exact) mass is 436 g/mol. The predicted molar refractivity (Wildman–Crippen MR) is 112 cm³/mol. The minimum Gasteiger partial charge on any atom is -0.359 e. The Labute approximate surface area is 178 Å². The van der Waals surface area contributed by atoms with Gasteiger partial charge in [0.15, 0.2) is 5.82 Å². The molecule has 0 radical (unpaired) electrons. The average molecular weight is 436 g/mol. The van der Waals surface area contributed by atoms with Crippen LogP contribution in [0.2, 0.25) is 0 Å². The maximum atomic E-state index is 12.8. The Balaban J connectivity index is 1.43. The number of hydrogen-bond acceptors (Lipinski definition) is 3. The molecule has 10 heteroatoms. The molecule has 0 bridgehead atoms. The molecule has 7 nitrogen and oxygen atoms in total. The van der Waals surface area contributed by atoms with Gasteiger partial charge < -0.3 is 15.3 Å². The summed E-state index contributed by atoms with van der Waals surface area (Å²) in [5.74, 6) is -0.162. The van der Waals surface area contributed by atoms with Gasteiger partial charge in [-0.25, -0.2) is 9.67 Å². The van der Waals surface area contributed by atoms with Crippen LogP contribution in [0.25, 0.3) is 27.7 Å². The van der Waals surface area contributed by atoms with Gasteiger partial charge in [0.2, 0.25) is 0 Å². The smallest absolute Gasteiger partial charge is 0.359 e. The second-order valence-electron chi connectivity index (χ2n) is 7.07. The molecule has 5 rings (SSSR count). The average Bonchev–Trinajstić information content (AvgIpc) is 3.54. The second-order valence-corrected chi connectivity index (χ2v) is 7.07. The molecule has 0 aliphatic carbocycles. The Kier molecular flexibility index (Phi) is 4.54. The number of amides is 1. The van der Waals surface area contributed by atoms with Crippen molar-refractivity contribution < 1.29 is 18.0 Å². The fourth-order valence-electron chi connectivity index (χ4n) is 3.39. The Morgan fingerprint density at radius 2 is 1.84 bits per heavy atom. The number of nitrogens with zero attached hydrogens (tertiary/aromatic N) is 3. The minimum absolute atomic E-state index is 0.202. The Morgan fingerprint density at radius 1 is 1.03 bits per heavy atom. The van der Waals surface area contributed by atoms with Crippen LogP contribution in [0.3, 0.4) is 0 Å². The number of fused-ring (bicyclic) bond motifs is 1. The van der Waals surface area contributed by atoms with Crippen LogP contribution in [0.1, 0.15) is 16.2 Å². The van der Waals surface area contributed by atoms with Crippen molar-refractivity contribution in [3.05, 3.63) is 84.8 Å². The molecule has 5 aromatic rings. The molecule has 2 aromatic carbocycles. The zero-order chi connectivity index (χ0) is 22.3. The molecule has 0 spiro atoms. The number of aromatic amines is 2. The number of rotatable bonds is 4. The van der Waals surface area contributed by atoms with Crippen molar-refractivity contribution in [3.63, 3.8) is 0 Å². The van der Waals surface area contributed by atoms with Gasteiger partial charge >= 0.3 is 6.18 Å². The number of halogens is 3. The summed E-state index contributed by atoms with van der Waals surface area (Å²) >= 11 is 0. The Morgan fingerprint density at radius 3 is 2.56 bits per heavy atom. The number of nitrogens with one attached hydrogen (secondary N) is 3. The van der Waals surface area contributed by atoms with Crippen LogP contribution in [0, 0.1) is 0 Å². The van der Waals surface area contributed by atoms with E-state index in [1.807, 2.05) is 18.2 Å². The lowest BCUT2D eigenvalue weighted by Gasteiger charge is -2.07. The minimum atomic E-state index is -4.39. The first-order valence-electron chi connectivity index (χ1n) is 9.53. The Bertz CT molecular complexity index is 1400. The summed E-state index contributed by atoms with van der Waals surface area (Å²) in [5.41, 5.74) is 2.84. The number of H-pyrrole nitrogens is 2. The zero-order valence-corrected chi connectivity index (χ0v) is 16.3. The number of carbonyl (C=O) groups is 1. The van der Waals surface area contributed by atoms with Crippen LogP contribution in [0.15, 0.2) is 73.4 Å². The van der Waals surface area contributed by atoms with Gasteiger partial charge in [0.05, 0.1) is 23.1 Å². The van der Waals surface area contributed by atoms with Gasteiger partial charge in [-0.2, -0.15) is 18.3 Å². The summed E-state index contributed by atoms with van der Waals surface area (Å²) in [7, 11) is 0. The molecule has 3 aromatic heterocycles. The first-order chi connectivity index (χ1) is 15.4. The molecule has 3 heterocycles. The number of carbonyl (C=O) groups excluding carboxylic acids is 1. The van der Waals surface area contributed by atoms with E-state index in [2.05, 4.69) is 25.4 Å². The van der Waals surface area contributed by atoms with Gasteiger partial charge in [-0.1, -0.05) is 6.07 Å². The van der Waals surface area contributed by atoms with Crippen molar-refractivity contribution in [3.8, 4) is 16.8 Å². The third-order valence-corrected chi connectivity index (χ3v) is 5.02. The van der Waals surface area contributed by atoms with E-state index >= 15 is 0 Å². The van der Waals surface area contributed by atoms with E-state index in [-0.39, 0.29) is 11.7 Å². The van der Waals surface area contributed by atoms with E-state index in [0.29, 0.717) is 11.4 Å². The van der Waals surface area contributed by atoms with E-state index in [9.17, 15) is 18.0 Å². The van der Waals surface area contributed by atoms with Gasteiger partial charge in [0, 0.05) is 41.3 Å². The highest BCUT2D eigenvalue weighted by Crippen LogP contribution is 2.31. The molecule has 0 saturated carbocycles. The summed E-state index contributed by atoms with van der Waals surface area (Å²) < 4.78 is 39.9. The van der Waals surface area contributed by atoms with E-state index in [1.54, 1.807) is 24.8 Å². The van der Waals surface area contributed by atoms with Crippen LogP contribution >= 0.6 is 0 Å². The normalized spacial score (nSPS) is 11.7. The topological polar surface area (TPSA) is 91.4 Å². The lowest BCUT2D eigenvalue weighted by atomic mass is 10.1. The van der Waals surface area contributed by atoms with Crippen LogP contribution in [0.5, 0.6) is 0 Å². The maximum absolute atomic E-state index is 12.8. The number of imidazole rings is 1. The van der Waals surface area contributed by atoms with Crippen molar-refractivity contribution in [2.24, 2.45) is 0 Å². The van der Waals surface area contributed by atoms with Crippen LogP contribution in [-0.4, -0.2) is 30.6 Å². The third kappa shape index (κ3) is 3.62. The van der Waals surface area contributed by atoms with E-state index in [0.717, 1.165) is 34.2 Å². The van der Waals surface area contributed by atoms with Crippen molar-refractivity contribution in [2.75, 3.05) is 5.32 Å². The SMILES string of the molecule is O=C(Nc1c[nH]c2ccc(-c3cnn(-c4ccc(C(F)(F)F)cc4)c3)cc12)c1ncc[nH]1. The van der Waals surface area contributed by atoms with E-state index in [4.69, 9.17) is 0 Å². The van der Waals surface area contributed by atoms with Crippen molar-refractivity contribution in [1.29, 1.82) is 0 Å². The van der Waals surface area contributed by atoms with Crippen LogP contribution in [-0.2, 0) is 6.18 Å². The third-order valence-electron chi connectivity index (χ3n) is 5.02. The second kappa shape index (κ2) is 7.41. The largest absolute Gasteiger partial charge is 0.416 e. The number of aromatic nitrogens is 5. The van der Waals surface area contributed by atoms with Gasteiger partial charge in [0.25, 0.3) is 5.91 Å². The highest BCUT2D eigenvalue weighted by Gasteiger charge is 2.30. The molecule has 0 aliphatic rings. The lowest BCUT2D eigenvalue weighted by Crippen LogP contribution is -2.13. The van der Waals surface area contributed by atoms with Crippen LogP contribution in [0.4, 0.5) is 18.9 Å². The van der Waals surface area contributed by atoms with E-state index in [1.165, 1.54) is 23.0 Å². The summed E-state index contributed by atoms with van der Waals surface area (Å²) in [6.07, 6.45) is 3.74. The van der Waals surface area contributed by atoms with Crippen LogP contribution < -0.4 is 5.32 Å². The quantitative estimate of drug-likeness (QED) is 0.370. The number of alkyl halides is 3. The first kappa shape index (κ1) is 19.6. The summed E-state index contributed by atoms with van der Waals surface area (Å²) in [4.78, 5) is 22.1. The molecular weight excluding hydrogens is 421 g/mol. The highest BCUT2D eigenvalue weighted by molar-refractivity contribution is 6.07.